The number of aliphatic imine (C=N–C) groups is 1. The van der Waals surface area contributed by atoms with Crippen LogP contribution in [0.1, 0.15) is 27.1 Å². The number of thiophene rings is 1. The smallest absolute Gasteiger partial charge is 0.416 e. The lowest BCUT2D eigenvalue weighted by atomic mass is 10.0. The summed E-state index contributed by atoms with van der Waals surface area (Å²) in [5.41, 5.74) is -2.72. The Kier molecular flexibility index (Phi) is 9.61. The Hall–Kier alpha value is -3.49. The number of hydrogen-bond donors (Lipinski definition) is 0. The molecule has 0 N–H and O–H groups in total. The molecule has 0 spiro atoms. The van der Waals surface area contributed by atoms with E-state index in [0.29, 0.717) is 21.7 Å². The highest BCUT2D eigenvalue weighted by Gasteiger charge is 2.38. The predicted molar refractivity (Wildman–Crippen MR) is 158 cm³/mol. The van der Waals surface area contributed by atoms with Crippen molar-refractivity contribution in [2.45, 2.75) is 25.4 Å². The van der Waals surface area contributed by atoms with Crippen LogP contribution >= 0.6 is 23.1 Å². The summed E-state index contributed by atoms with van der Waals surface area (Å²) in [5.74, 6) is -0.108. The van der Waals surface area contributed by atoms with Crippen molar-refractivity contribution in [1.82, 2.24) is 9.80 Å². The van der Waals surface area contributed by atoms with Gasteiger partial charge in [-0.3, -0.25) is 9.69 Å². The van der Waals surface area contributed by atoms with Gasteiger partial charge in [-0.25, -0.2) is 0 Å². The van der Waals surface area contributed by atoms with Gasteiger partial charge in [-0.05, 0) is 65.5 Å². The molecule has 2 aliphatic rings. The molecule has 44 heavy (non-hydrogen) atoms. The first kappa shape index (κ1) is 31.9. The first-order valence-corrected chi connectivity index (χ1v) is 15.2. The highest BCUT2D eigenvalue weighted by Crippen LogP contribution is 2.39. The number of amides is 1. The maximum atomic E-state index is 13.5. The summed E-state index contributed by atoms with van der Waals surface area (Å²) < 4.78 is 90.4. The van der Waals surface area contributed by atoms with Crippen LogP contribution in [-0.4, -0.2) is 60.7 Å². The zero-order chi connectivity index (χ0) is 31.5. The first-order valence-electron chi connectivity index (χ1n) is 13.5. The molecule has 5 rings (SSSR count). The number of carbonyl (C=O) groups excluding carboxylic acids is 1. The second-order valence-electron chi connectivity index (χ2n) is 10.0. The summed E-state index contributed by atoms with van der Waals surface area (Å²) in [4.78, 5) is 23.2. The van der Waals surface area contributed by atoms with Crippen molar-refractivity contribution in [2.24, 2.45) is 4.99 Å². The summed E-state index contributed by atoms with van der Waals surface area (Å²) in [6, 6.07) is 10.2. The van der Waals surface area contributed by atoms with Gasteiger partial charge in [0.25, 0.3) is 5.91 Å². The highest BCUT2D eigenvalue weighted by atomic mass is 32.2. The first-order chi connectivity index (χ1) is 20.9. The van der Waals surface area contributed by atoms with E-state index in [1.54, 1.807) is 29.5 Å². The van der Waals surface area contributed by atoms with Gasteiger partial charge in [-0.2, -0.15) is 31.3 Å². The molecule has 234 valence electrons. The molecule has 1 saturated heterocycles. The van der Waals surface area contributed by atoms with Gasteiger partial charge in [0.05, 0.1) is 23.1 Å². The molecular weight excluding hydrogens is 628 g/mol. The number of piperazine rings is 1. The Morgan fingerprint density at radius 2 is 1.73 bits per heavy atom. The molecule has 0 radical (unpaired) electrons. The maximum Gasteiger partial charge on any atom is 0.416 e. The zero-order valence-electron chi connectivity index (χ0n) is 23.4. The van der Waals surface area contributed by atoms with Crippen molar-refractivity contribution in [1.29, 1.82) is 0 Å². The number of amidine groups is 1. The van der Waals surface area contributed by atoms with Crippen LogP contribution in [0.4, 0.5) is 26.3 Å². The number of halogens is 6. The SMILES string of the molecule is COc1cc(C=C2SC(N3CCN(CCc4cccs4)CC3)=NC2=O)ccc1OCc1ccc(C(F)(F)F)cc1C(F)(F)F. The third kappa shape index (κ3) is 7.77. The second kappa shape index (κ2) is 13.2. The van der Waals surface area contributed by atoms with Gasteiger partial charge >= 0.3 is 12.4 Å². The van der Waals surface area contributed by atoms with Gasteiger partial charge in [-0.15, -0.1) is 11.3 Å². The van der Waals surface area contributed by atoms with Crippen molar-refractivity contribution in [2.75, 3.05) is 39.8 Å². The Morgan fingerprint density at radius 3 is 2.39 bits per heavy atom. The molecule has 1 aromatic heterocycles. The van der Waals surface area contributed by atoms with Crippen LogP contribution in [-0.2, 0) is 30.2 Å². The van der Waals surface area contributed by atoms with Crippen LogP contribution < -0.4 is 9.47 Å². The summed E-state index contributed by atoms with van der Waals surface area (Å²) >= 11 is 3.03. The Balaban J connectivity index is 1.21. The van der Waals surface area contributed by atoms with Gasteiger partial charge < -0.3 is 14.4 Å². The fraction of sp³-hybridized carbons (Fsp3) is 0.333. The molecular formula is C30H27F6N3O3S2. The van der Waals surface area contributed by atoms with Crippen LogP contribution in [0.5, 0.6) is 11.5 Å². The average Bonchev–Trinajstić information content (AvgIpc) is 3.64. The molecule has 2 aromatic carbocycles. The van der Waals surface area contributed by atoms with Crippen LogP contribution in [0.2, 0.25) is 0 Å². The Morgan fingerprint density at radius 1 is 0.955 bits per heavy atom. The molecule has 1 fully saturated rings. The number of thioether (sulfide) groups is 1. The van der Waals surface area contributed by atoms with Gasteiger partial charge in [0.2, 0.25) is 0 Å². The van der Waals surface area contributed by atoms with Crippen molar-refractivity contribution in [3.05, 3.63) is 85.9 Å². The van der Waals surface area contributed by atoms with Gasteiger partial charge in [-0.1, -0.05) is 18.2 Å². The van der Waals surface area contributed by atoms with Crippen LogP contribution in [0.15, 0.2) is 63.8 Å². The van der Waals surface area contributed by atoms with E-state index >= 15 is 0 Å². The van der Waals surface area contributed by atoms with E-state index in [0.717, 1.165) is 45.2 Å². The Labute approximate surface area is 258 Å². The van der Waals surface area contributed by atoms with E-state index in [9.17, 15) is 31.1 Å². The minimum absolute atomic E-state index is 0.0735. The third-order valence-electron chi connectivity index (χ3n) is 7.12. The van der Waals surface area contributed by atoms with Crippen molar-refractivity contribution >= 4 is 40.2 Å². The molecule has 0 atom stereocenters. The van der Waals surface area contributed by atoms with Crippen molar-refractivity contribution < 1.29 is 40.6 Å². The highest BCUT2D eigenvalue weighted by molar-refractivity contribution is 8.18. The number of carbonyl (C=O) groups is 1. The van der Waals surface area contributed by atoms with Crippen molar-refractivity contribution in [3.63, 3.8) is 0 Å². The molecule has 0 bridgehead atoms. The van der Waals surface area contributed by atoms with Gasteiger partial charge in [0.15, 0.2) is 16.7 Å². The number of benzene rings is 2. The molecule has 2 aliphatic heterocycles. The minimum atomic E-state index is -5.01. The Bertz CT molecular complexity index is 1550. The lowest BCUT2D eigenvalue weighted by molar-refractivity contribution is -0.143. The number of ether oxygens (including phenoxy) is 2. The summed E-state index contributed by atoms with van der Waals surface area (Å²) in [6.45, 7) is 3.59. The number of methoxy groups -OCH3 is 1. The van der Waals surface area contributed by atoms with E-state index < -0.39 is 35.6 Å². The number of nitrogens with zero attached hydrogens (tertiary/aromatic N) is 3. The molecule has 0 aliphatic carbocycles. The standard InChI is InChI=1S/C30H27F6N3O3S2/c1-41-25-15-19(4-7-24(25)42-18-20-5-6-21(29(31,32)33)17-23(20)30(34,35)36)16-26-27(40)37-28(44-26)39-12-10-38(11-13-39)9-8-22-3-2-14-43-22/h2-7,14-17H,8-13,18H2,1H3. The molecule has 6 nitrogen and oxygen atoms in total. The summed E-state index contributed by atoms with van der Waals surface area (Å²) in [6.07, 6.45) is -7.28. The average molecular weight is 656 g/mol. The lowest BCUT2D eigenvalue weighted by Gasteiger charge is -2.35. The molecule has 1 amide bonds. The fourth-order valence-corrected chi connectivity index (χ4v) is 6.42. The third-order valence-corrected chi connectivity index (χ3v) is 9.10. The number of alkyl halides is 6. The van der Waals surface area contributed by atoms with E-state index in [4.69, 9.17) is 9.47 Å². The summed E-state index contributed by atoms with van der Waals surface area (Å²) in [5, 5.41) is 2.72. The number of hydrogen-bond acceptors (Lipinski definition) is 7. The van der Waals surface area contributed by atoms with Crippen LogP contribution in [0.25, 0.3) is 6.08 Å². The second-order valence-corrected chi connectivity index (χ2v) is 12.1. The van der Waals surface area contributed by atoms with E-state index in [1.807, 2.05) is 0 Å². The molecule has 3 aromatic rings. The number of rotatable bonds is 8. The molecule has 0 saturated carbocycles. The quantitative estimate of drug-likeness (QED) is 0.189. The van der Waals surface area contributed by atoms with Crippen LogP contribution in [0.3, 0.4) is 0 Å². The van der Waals surface area contributed by atoms with Crippen LogP contribution in [0, 0.1) is 0 Å². The van der Waals surface area contributed by atoms with E-state index in [1.165, 1.54) is 29.8 Å². The normalized spacial score (nSPS) is 17.3. The molecule has 14 heteroatoms. The lowest BCUT2D eigenvalue weighted by Crippen LogP contribution is -2.48. The summed E-state index contributed by atoms with van der Waals surface area (Å²) in [7, 11) is 1.34. The monoisotopic (exact) mass is 655 g/mol. The van der Waals surface area contributed by atoms with Crippen molar-refractivity contribution in [3.8, 4) is 11.5 Å². The van der Waals surface area contributed by atoms with E-state index in [-0.39, 0.29) is 23.5 Å². The largest absolute Gasteiger partial charge is 0.493 e. The van der Waals surface area contributed by atoms with Gasteiger partial charge in [0, 0.05) is 43.2 Å². The fourth-order valence-electron chi connectivity index (χ4n) is 4.76. The zero-order valence-corrected chi connectivity index (χ0v) is 25.0. The van der Waals surface area contributed by atoms with Gasteiger partial charge in [0.1, 0.15) is 6.61 Å². The minimum Gasteiger partial charge on any atom is -0.493 e. The molecule has 0 unspecified atom stereocenters. The molecule has 3 heterocycles. The predicted octanol–water partition coefficient (Wildman–Crippen LogP) is 7.20. The topological polar surface area (TPSA) is 54.4 Å². The maximum absolute atomic E-state index is 13.5. The van der Waals surface area contributed by atoms with E-state index in [2.05, 4.69) is 32.3 Å².